The molecule has 1 saturated heterocycles. The molecule has 2 bridgehead atoms. The van der Waals surface area contributed by atoms with Crippen LogP contribution in [0, 0.1) is 56.2 Å². The highest BCUT2D eigenvalue weighted by molar-refractivity contribution is 6.06. The molecule has 4 aliphatic carbocycles. The molecule has 9 atom stereocenters. The van der Waals surface area contributed by atoms with Crippen molar-refractivity contribution in [3.63, 3.8) is 0 Å². The van der Waals surface area contributed by atoms with E-state index in [2.05, 4.69) is 33.8 Å². The second-order valence-corrected chi connectivity index (χ2v) is 14.8. The number of ether oxygens (including phenoxy) is 1. The molecule has 0 radical (unpaired) electrons. The van der Waals surface area contributed by atoms with Gasteiger partial charge in [0.15, 0.2) is 17.2 Å². The zero-order valence-corrected chi connectivity index (χ0v) is 24.2. The van der Waals surface area contributed by atoms with Gasteiger partial charge in [0, 0.05) is 17.3 Å². The van der Waals surface area contributed by atoms with E-state index in [1.807, 2.05) is 13.8 Å². The lowest BCUT2D eigenvalue weighted by atomic mass is 9.38. The monoisotopic (exact) mass is 521 g/mol. The SMILES string of the molecule is CC[C@@]12CCC3[C@](OC1=O)(C(=O)C=C1[C@@]4(C)C=C(C#N)C(=O)[C@@](C)(C(C)O)C4CC[C@]13C)C2CC(C)(C)C. The number of ketones is 2. The van der Waals surface area contributed by atoms with Gasteiger partial charge >= 0.3 is 5.97 Å². The normalized spacial score (nSPS) is 46.6. The van der Waals surface area contributed by atoms with E-state index in [4.69, 9.17) is 4.74 Å². The van der Waals surface area contributed by atoms with Crippen LogP contribution >= 0.6 is 0 Å². The standard InChI is InChI=1S/C32H43NO5/c1-9-31-13-11-21-28(6)12-10-20-29(7,15-19(17-33)25(36)30(20,8)18(2)34)22(28)14-24(35)32(21,38-26(31)37)23(31)16-27(3,4)5/h14-15,18,20-21,23,34H,9-13,16H2,1-8H3/t18?,20?,21?,23?,28-,29-,30-,31-,32+/m0/s1. The number of aliphatic hydroxyl groups excluding tert-OH is 1. The van der Waals surface area contributed by atoms with Gasteiger partial charge in [-0.15, -0.1) is 0 Å². The van der Waals surface area contributed by atoms with E-state index >= 15 is 0 Å². The quantitative estimate of drug-likeness (QED) is 0.492. The van der Waals surface area contributed by atoms with Gasteiger partial charge in [0.1, 0.15) is 6.07 Å². The highest BCUT2D eigenvalue weighted by Gasteiger charge is 2.77. The van der Waals surface area contributed by atoms with E-state index in [1.54, 1.807) is 26.0 Å². The first-order valence-corrected chi connectivity index (χ1v) is 14.4. The van der Waals surface area contributed by atoms with Gasteiger partial charge in [0.05, 0.1) is 22.5 Å². The summed E-state index contributed by atoms with van der Waals surface area (Å²) in [5.74, 6) is -1.30. The fraction of sp³-hybridized carbons (Fsp3) is 0.750. The summed E-state index contributed by atoms with van der Waals surface area (Å²) in [4.78, 5) is 41.5. The highest BCUT2D eigenvalue weighted by atomic mass is 16.6. The van der Waals surface area contributed by atoms with Crippen LogP contribution < -0.4 is 0 Å². The average molecular weight is 522 g/mol. The highest BCUT2D eigenvalue weighted by Crippen LogP contribution is 2.73. The predicted octanol–water partition coefficient (Wildman–Crippen LogP) is 5.49. The van der Waals surface area contributed by atoms with Crippen molar-refractivity contribution < 1.29 is 24.2 Å². The second-order valence-electron chi connectivity index (χ2n) is 14.8. The maximum atomic E-state index is 14.5. The Morgan fingerprint density at radius 1 is 1.13 bits per heavy atom. The first kappa shape index (κ1) is 27.3. The fourth-order valence-electron chi connectivity index (χ4n) is 9.88. The Bertz CT molecular complexity index is 1230. The molecule has 5 aliphatic rings. The van der Waals surface area contributed by atoms with Crippen molar-refractivity contribution in [2.24, 2.45) is 44.8 Å². The van der Waals surface area contributed by atoms with Crippen LogP contribution in [0.4, 0.5) is 0 Å². The van der Waals surface area contributed by atoms with Crippen LogP contribution in [0.1, 0.15) is 93.9 Å². The Hall–Kier alpha value is -2.26. The molecule has 5 rings (SSSR count). The topological polar surface area (TPSA) is 104 Å². The van der Waals surface area contributed by atoms with Crippen molar-refractivity contribution in [2.45, 2.75) is 106 Å². The molecule has 6 nitrogen and oxygen atoms in total. The van der Waals surface area contributed by atoms with E-state index in [1.165, 1.54) is 0 Å². The minimum Gasteiger partial charge on any atom is -0.450 e. The molecule has 0 aromatic rings. The molecule has 0 aromatic carbocycles. The third-order valence-electron chi connectivity index (χ3n) is 11.9. The van der Waals surface area contributed by atoms with Crippen LogP contribution in [0.25, 0.3) is 0 Å². The third kappa shape index (κ3) is 3.00. The van der Waals surface area contributed by atoms with Crippen molar-refractivity contribution in [3.8, 4) is 6.07 Å². The van der Waals surface area contributed by atoms with E-state index < -0.39 is 33.4 Å². The molecule has 6 heteroatoms. The van der Waals surface area contributed by atoms with Gasteiger partial charge in [-0.25, -0.2) is 0 Å². The first-order valence-electron chi connectivity index (χ1n) is 14.4. The molecule has 1 spiro atoms. The summed E-state index contributed by atoms with van der Waals surface area (Å²) in [6.07, 6.45) is 6.76. The number of nitriles is 1. The summed E-state index contributed by atoms with van der Waals surface area (Å²) in [7, 11) is 0. The molecule has 38 heavy (non-hydrogen) atoms. The number of esters is 1. The zero-order valence-electron chi connectivity index (χ0n) is 24.2. The maximum absolute atomic E-state index is 14.5. The van der Waals surface area contributed by atoms with Crippen LogP contribution in [0.3, 0.4) is 0 Å². The van der Waals surface area contributed by atoms with Crippen molar-refractivity contribution in [2.75, 3.05) is 0 Å². The average Bonchev–Trinajstić information content (AvgIpc) is 2.95. The number of carbonyl (C=O) groups excluding carboxylic acids is 3. The summed E-state index contributed by atoms with van der Waals surface area (Å²) in [6.45, 7) is 16.2. The predicted molar refractivity (Wildman–Crippen MR) is 142 cm³/mol. The number of rotatable bonds is 3. The molecule has 0 amide bonds. The Balaban J connectivity index is 1.74. The van der Waals surface area contributed by atoms with Crippen LogP contribution in [0.2, 0.25) is 0 Å². The van der Waals surface area contributed by atoms with E-state index in [9.17, 15) is 24.8 Å². The number of nitrogens with zero attached hydrogens (tertiary/aromatic N) is 1. The lowest BCUT2D eigenvalue weighted by Crippen LogP contribution is -2.66. The van der Waals surface area contributed by atoms with Crippen molar-refractivity contribution in [1.29, 1.82) is 5.26 Å². The molecule has 4 unspecified atom stereocenters. The van der Waals surface area contributed by atoms with E-state index in [0.717, 1.165) is 24.8 Å². The minimum atomic E-state index is -1.18. The number of hydrogen-bond acceptors (Lipinski definition) is 6. The summed E-state index contributed by atoms with van der Waals surface area (Å²) in [6, 6.07) is 2.09. The van der Waals surface area contributed by atoms with Gasteiger partial charge in [-0.05, 0) is 75.2 Å². The van der Waals surface area contributed by atoms with Crippen molar-refractivity contribution in [1.82, 2.24) is 0 Å². The van der Waals surface area contributed by atoms with Gasteiger partial charge in [-0.2, -0.15) is 5.26 Å². The van der Waals surface area contributed by atoms with Crippen molar-refractivity contribution in [3.05, 3.63) is 23.3 Å². The van der Waals surface area contributed by atoms with Gasteiger partial charge < -0.3 is 9.84 Å². The molecule has 1 N–H and O–H groups in total. The maximum Gasteiger partial charge on any atom is 0.313 e. The Morgan fingerprint density at radius 2 is 1.76 bits per heavy atom. The second kappa shape index (κ2) is 7.90. The number of Topliss-reactive ketones (excluding diaryl/α,β-unsaturated/α-hetero) is 1. The van der Waals surface area contributed by atoms with Gasteiger partial charge in [0.2, 0.25) is 0 Å². The number of fused-ring (bicyclic) bond motifs is 5. The van der Waals surface area contributed by atoms with Crippen LogP contribution in [-0.2, 0) is 19.1 Å². The molecule has 0 aromatic heterocycles. The Morgan fingerprint density at radius 3 is 2.32 bits per heavy atom. The Kier molecular flexibility index (Phi) is 5.68. The largest absolute Gasteiger partial charge is 0.450 e. The molecule has 2 saturated carbocycles. The summed E-state index contributed by atoms with van der Waals surface area (Å²) >= 11 is 0. The summed E-state index contributed by atoms with van der Waals surface area (Å²) < 4.78 is 6.37. The van der Waals surface area contributed by atoms with Crippen molar-refractivity contribution >= 4 is 17.5 Å². The number of hydrogen-bond donors (Lipinski definition) is 1. The Labute approximate surface area is 226 Å². The zero-order chi connectivity index (χ0) is 28.3. The first-order chi connectivity index (χ1) is 17.5. The van der Waals surface area contributed by atoms with E-state index in [-0.39, 0.29) is 46.3 Å². The molecular weight excluding hydrogens is 478 g/mol. The van der Waals surface area contributed by atoms with Crippen LogP contribution in [0.5, 0.6) is 0 Å². The molecular formula is C32H43NO5. The lowest BCUT2D eigenvalue weighted by molar-refractivity contribution is -0.177. The van der Waals surface area contributed by atoms with E-state index in [0.29, 0.717) is 19.3 Å². The minimum absolute atomic E-state index is 0.0524. The molecule has 1 heterocycles. The fourth-order valence-corrected chi connectivity index (χ4v) is 9.88. The summed E-state index contributed by atoms with van der Waals surface area (Å²) in [5, 5.41) is 20.8. The van der Waals surface area contributed by atoms with Crippen LogP contribution in [0.15, 0.2) is 23.3 Å². The van der Waals surface area contributed by atoms with Gasteiger partial charge in [0.25, 0.3) is 0 Å². The lowest BCUT2D eigenvalue weighted by Gasteiger charge is -2.64. The number of carbonyl (C=O) groups is 3. The molecule has 3 fully saturated rings. The van der Waals surface area contributed by atoms with Gasteiger partial charge in [-0.3, -0.25) is 14.4 Å². The molecule has 1 aliphatic heterocycles. The smallest absolute Gasteiger partial charge is 0.313 e. The molecule has 206 valence electrons. The number of allylic oxidation sites excluding steroid dienone is 3. The summed E-state index contributed by atoms with van der Waals surface area (Å²) in [5.41, 5.74) is -3.26. The number of aliphatic hydroxyl groups is 1. The van der Waals surface area contributed by atoms with Crippen LogP contribution in [-0.4, -0.2) is 34.3 Å². The van der Waals surface area contributed by atoms with Gasteiger partial charge in [-0.1, -0.05) is 53.2 Å². The third-order valence-corrected chi connectivity index (χ3v) is 11.9.